The van der Waals surface area contributed by atoms with Crippen molar-refractivity contribution in [3.05, 3.63) is 105 Å². The molecule has 10 heteroatoms. The first-order chi connectivity index (χ1) is 19.5. The fraction of sp³-hybridized carbons (Fsp3) is 0.258. The molecule has 0 bridgehead atoms. The molecule has 8 nitrogen and oxygen atoms in total. The van der Waals surface area contributed by atoms with Crippen LogP contribution in [0.3, 0.4) is 0 Å². The van der Waals surface area contributed by atoms with Crippen LogP contribution in [0.15, 0.2) is 88.5 Å². The van der Waals surface area contributed by atoms with Gasteiger partial charge in [0, 0.05) is 17.1 Å². The second-order valence-corrected chi connectivity index (χ2v) is 11.6. The minimum atomic E-state index is -0.523. The maximum atomic E-state index is 14.3. The molecule has 0 aliphatic carbocycles. The lowest BCUT2D eigenvalue weighted by atomic mass is 9.79. The Morgan fingerprint density at radius 2 is 1.39 bits per heavy atom. The largest absolute Gasteiger partial charge is 0.494 e. The van der Waals surface area contributed by atoms with Gasteiger partial charge in [0.05, 0.1) is 22.6 Å². The Balaban J connectivity index is 1.59. The monoisotopic (exact) mass is 568 g/mol. The first-order valence-corrected chi connectivity index (χ1v) is 14.0. The zero-order valence-electron chi connectivity index (χ0n) is 23.6. The van der Waals surface area contributed by atoms with Crippen molar-refractivity contribution in [2.24, 2.45) is 0 Å². The van der Waals surface area contributed by atoms with Crippen molar-refractivity contribution in [2.45, 2.75) is 52.4 Å². The summed E-state index contributed by atoms with van der Waals surface area (Å²) in [5.41, 5.74) is 1.68. The van der Waals surface area contributed by atoms with Gasteiger partial charge in [-0.25, -0.2) is 14.3 Å². The predicted octanol–water partition coefficient (Wildman–Crippen LogP) is 4.98. The Hall–Kier alpha value is -3.92. The van der Waals surface area contributed by atoms with Gasteiger partial charge < -0.3 is 9.31 Å². The third-order valence-corrected chi connectivity index (χ3v) is 8.31. The highest BCUT2D eigenvalue weighted by Gasteiger charge is 2.51. The highest BCUT2D eigenvalue weighted by atomic mass is 35.5. The molecule has 1 aliphatic heterocycles. The van der Waals surface area contributed by atoms with Crippen molar-refractivity contribution >= 4 is 35.3 Å². The van der Waals surface area contributed by atoms with Gasteiger partial charge in [-0.3, -0.25) is 13.9 Å². The fourth-order valence-corrected chi connectivity index (χ4v) is 5.22. The Labute approximate surface area is 242 Å². The van der Waals surface area contributed by atoms with Gasteiger partial charge in [-0.05, 0) is 76.5 Å². The van der Waals surface area contributed by atoms with E-state index in [1.54, 1.807) is 24.3 Å². The number of rotatable bonds is 5. The van der Waals surface area contributed by atoms with E-state index in [1.807, 2.05) is 89.2 Å². The van der Waals surface area contributed by atoms with Crippen LogP contribution in [-0.2, 0) is 15.9 Å². The molecule has 1 fully saturated rings. The number of fused-ring (bicyclic) bond motifs is 1. The summed E-state index contributed by atoms with van der Waals surface area (Å²) >= 11 is 6.17. The van der Waals surface area contributed by atoms with Crippen molar-refractivity contribution in [2.75, 3.05) is 0 Å². The molecule has 1 aliphatic rings. The van der Waals surface area contributed by atoms with E-state index in [9.17, 15) is 9.59 Å². The molecule has 208 valence electrons. The molecule has 6 rings (SSSR count). The van der Waals surface area contributed by atoms with E-state index in [-0.39, 0.29) is 16.8 Å². The topological polar surface area (TPSA) is 80.3 Å². The molecule has 41 heavy (non-hydrogen) atoms. The van der Waals surface area contributed by atoms with Crippen LogP contribution in [0.4, 0.5) is 0 Å². The summed E-state index contributed by atoms with van der Waals surface area (Å²) in [6.45, 7) is 10.2. The van der Waals surface area contributed by atoms with E-state index in [0.717, 1.165) is 5.46 Å². The SMILES string of the molecule is CCn1c(=O)n(-c2ccccc2)c2nc(-c3ccc(B4OC(C)(C)C(C)(C)O4)cc3)n(-c3ccc(Cl)cc3)c(=O)c21. The molecule has 1 saturated heterocycles. The standard InChI is InChI=1S/C31H30BClN4O4/c1-6-35-25-27(37(29(35)39)23-10-8-7-9-11-23)34-26(36(28(25)38)24-18-16-22(33)17-19-24)20-12-14-21(15-13-20)32-40-30(2,3)31(4,5)41-32/h7-19H,6H2,1-5H3. The van der Waals surface area contributed by atoms with Crippen molar-refractivity contribution < 1.29 is 9.31 Å². The Bertz CT molecular complexity index is 1860. The normalized spacial score (nSPS) is 16.0. The predicted molar refractivity (Wildman–Crippen MR) is 163 cm³/mol. The number of imidazole rings is 1. The average Bonchev–Trinajstić information content (AvgIpc) is 3.36. The molecule has 3 heterocycles. The molecule has 0 spiro atoms. The Morgan fingerprint density at radius 3 is 1.98 bits per heavy atom. The van der Waals surface area contributed by atoms with Crippen LogP contribution in [0.25, 0.3) is 33.9 Å². The maximum absolute atomic E-state index is 14.3. The quantitative estimate of drug-likeness (QED) is 0.280. The maximum Gasteiger partial charge on any atom is 0.494 e. The number of halogens is 1. The van der Waals surface area contributed by atoms with E-state index >= 15 is 0 Å². The highest BCUT2D eigenvalue weighted by Crippen LogP contribution is 2.36. The summed E-state index contributed by atoms with van der Waals surface area (Å²) in [6.07, 6.45) is 0. The molecule has 5 aromatic rings. The van der Waals surface area contributed by atoms with Crippen molar-refractivity contribution in [3.8, 4) is 22.8 Å². The van der Waals surface area contributed by atoms with Crippen LogP contribution < -0.4 is 16.7 Å². The molecule has 0 radical (unpaired) electrons. The minimum Gasteiger partial charge on any atom is -0.399 e. The van der Waals surface area contributed by atoms with Gasteiger partial charge in [-0.15, -0.1) is 0 Å². The number of aromatic nitrogens is 4. The molecule has 0 unspecified atom stereocenters. The Morgan fingerprint density at radius 1 is 0.805 bits per heavy atom. The number of hydrogen-bond acceptors (Lipinski definition) is 5. The third-order valence-electron chi connectivity index (χ3n) is 8.05. The highest BCUT2D eigenvalue weighted by molar-refractivity contribution is 6.62. The number of benzene rings is 3. The molecule has 0 amide bonds. The molecule has 0 N–H and O–H groups in total. The molecule has 3 aromatic carbocycles. The van der Waals surface area contributed by atoms with E-state index in [0.29, 0.717) is 40.0 Å². The van der Waals surface area contributed by atoms with Crippen LogP contribution in [-0.4, -0.2) is 37.0 Å². The summed E-state index contributed by atoms with van der Waals surface area (Å²) in [6, 6.07) is 23.8. The summed E-state index contributed by atoms with van der Waals surface area (Å²) in [5, 5.41) is 0.546. The molecule has 0 saturated carbocycles. The number of aryl methyl sites for hydroxylation is 1. The van der Waals surface area contributed by atoms with Gasteiger partial charge >= 0.3 is 12.8 Å². The van der Waals surface area contributed by atoms with Gasteiger partial charge in [0.1, 0.15) is 5.82 Å². The lowest BCUT2D eigenvalue weighted by molar-refractivity contribution is 0.00578. The number of hydrogen-bond donors (Lipinski definition) is 0. The zero-order valence-corrected chi connectivity index (χ0v) is 24.3. The van der Waals surface area contributed by atoms with Crippen molar-refractivity contribution in [1.29, 1.82) is 0 Å². The van der Waals surface area contributed by atoms with Crippen molar-refractivity contribution in [1.82, 2.24) is 18.7 Å². The number of nitrogens with zero attached hydrogens (tertiary/aromatic N) is 4. The first-order valence-electron chi connectivity index (χ1n) is 13.6. The van der Waals surface area contributed by atoms with Crippen LogP contribution >= 0.6 is 11.6 Å². The average molecular weight is 569 g/mol. The van der Waals surface area contributed by atoms with Crippen LogP contribution in [0.1, 0.15) is 34.6 Å². The van der Waals surface area contributed by atoms with Gasteiger partial charge in [0.15, 0.2) is 11.2 Å². The van der Waals surface area contributed by atoms with E-state index < -0.39 is 18.3 Å². The van der Waals surface area contributed by atoms with Crippen molar-refractivity contribution in [3.63, 3.8) is 0 Å². The van der Waals surface area contributed by atoms with E-state index in [1.165, 1.54) is 13.7 Å². The van der Waals surface area contributed by atoms with Gasteiger partial charge in [-0.2, -0.15) is 0 Å². The van der Waals surface area contributed by atoms with Gasteiger partial charge in [0.25, 0.3) is 5.56 Å². The zero-order chi connectivity index (χ0) is 29.1. The lowest BCUT2D eigenvalue weighted by Gasteiger charge is -2.32. The Kier molecular flexibility index (Phi) is 6.56. The molecular formula is C31H30BClN4O4. The number of para-hydroxylation sites is 1. The first kappa shape index (κ1) is 27.3. The molecular weight excluding hydrogens is 539 g/mol. The molecule has 0 atom stereocenters. The molecule has 2 aromatic heterocycles. The van der Waals surface area contributed by atoms with E-state index in [4.69, 9.17) is 25.9 Å². The second kappa shape index (κ2) is 9.87. The third kappa shape index (κ3) is 4.45. The van der Waals surface area contributed by atoms with Gasteiger partial charge in [0.2, 0.25) is 0 Å². The van der Waals surface area contributed by atoms with Gasteiger partial charge in [-0.1, -0.05) is 54.1 Å². The van der Waals surface area contributed by atoms with E-state index in [2.05, 4.69) is 0 Å². The summed E-state index contributed by atoms with van der Waals surface area (Å²) in [4.78, 5) is 32.9. The van der Waals surface area contributed by atoms with Crippen LogP contribution in [0, 0.1) is 0 Å². The van der Waals surface area contributed by atoms with Crippen LogP contribution in [0.5, 0.6) is 0 Å². The summed E-state index contributed by atoms with van der Waals surface area (Å²) in [7, 11) is -0.523. The smallest absolute Gasteiger partial charge is 0.399 e. The fourth-order valence-electron chi connectivity index (χ4n) is 5.09. The lowest BCUT2D eigenvalue weighted by Crippen LogP contribution is -2.41. The summed E-state index contributed by atoms with van der Waals surface area (Å²) in [5.74, 6) is 0.392. The van der Waals surface area contributed by atoms with Crippen LogP contribution in [0.2, 0.25) is 5.02 Å². The summed E-state index contributed by atoms with van der Waals surface area (Å²) < 4.78 is 16.9. The minimum absolute atomic E-state index is 0.230. The second-order valence-electron chi connectivity index (χ2n) is 11.1.